The molecule has 2 amide bonds. The van der Waals surface area contributed by atoms with E-state index in [9.17, 15) is 9.59 Å². The summed E-state index contributed by atoms with van der Waals surface area (Å²) in [6.07, 6.45) is 3.46. The zero-order valence-electron chi connectivity index (χ0n) is 15.9. The van der Waals surface area contributed by atoms with E-state index in [2.05, 4.69) is 22.8 Å². The van der Waals surface area contributed by atoms with Crippen LogP contribution in [0.4, 0.5) is 5.69 Å². The van der Waals surface area contributed by atoms with E-state index in [-0.39, 0.29) is 11.8 Å². The lowest BCUT2D eigenvalue weighted by Crippen LogP contribution is -2.29. The van der Waals surface area contributed by atoms with E-state index in [1.165, 1.54) is 28.9 Å². The van der Waals surface area contributed by atoms with Crippen LogP contribution in [0, 0.1) is 0 Å². The summed E-state index contributed by atoms with van der Waals surface area (Å²) in [6, 6.07) is 16.8. The molecule has 1 heterocycles. The molecule has 29 heavy (non-hydrogen) atoms. The number of nitrogens with one attached hydrogen (secondary N) is 2. The summed E-state index contributed by atoms with van der Waals surface area (Å²) in [5.41, 5.74) is 3.69. The van der Waals surface area contributed by atoms with Gasteiger partial charge in [0.2, 0.25) is 0 Å². The summed E-state index contributed by atoms with van der Waals surface area (Å²) in [7, 11) is 0. The highest BCUT2D eigenvalue weighted by molar-refractivity contribution is 7.12. The number of carbonyl (C=O) groups excluding carboxylic acids is 2. The van der Waals surface area contributed by atoms with Gasteiger partial charge in [0, 0.05) is 0 Å². The number of aryl methyl sites for hydroxylation is 2. The van der Waals surface area contributed by atoms with Crippen molar-refractivity contribution < 1.29 is 14.3 Å². The molecule has 1 aliphatic carbocycles. The molecule has 0 spiro atoms. The van der Waals surface area contributed by atoms with Gasteiger partial charge < -0.3 is 15.4 Å². The molecule has 0 fully saturated rings. The second kappa shape index (κ2) is 8.92. The number of hydrogen-bond donors (Lipinski definition) is 2. The molecule has 2 N–H and O–H groups in total. The van der Waals surface area contributed by atoms with Crippen molar-refractivity contribution in [1.82, 2.24) is 5.32 Å². The average molecular weight is 407 g/mol. The number of thiophene rings is 1. The topological polar surface area (TPSA) is 67.4 Å². The van der Waals surface area contributed by atoms with Crippen LogP contribution in [0.2, 0.25) is 0 Å². The maximum atomic E-state index is 12.6. The summed E-state index contributed by atoms with van der Waals surface area (Å²) in [5.74, 6) is 0.369. The monoisotopic (exact) mass is 406 g/mol. The Hall–Kier alpha value is -3.12. The fourth-order valence-corrected chi connectivity index (χ4v) is 4.07. The van der Waals surface area contributed by atoms with Gasteiger partial charge in [-0.3, -0.25) is 9.59 Å². The van der Waals surface area contributed by atoms with Crippen molar-refractivity contribution >= 4 is 28.8 Å². The molecule has 0 atom stereocenters. The van der Waals surface area contributed by atoms with Gasteiger partial charge in [-0.2, -0.15) is 0 Å². The minimum Gasteiger partial charge on any atom is -0.492 e. The first kappa shape index (κ1) is 19.2. The molecule has 0 aliphatic heterocycles. The Labute approximate surface area is 173 Å². The van der Waals surface area contributed by atoms with Crippen molar-refractivity contribution in [1.29, 1.82) is 0 Å². The number of fused-ring (bicyclic) bond motifs is 1. The summed E-state index contributed by atoms with van der Waals surface area (Å²) in [4.78, 5) is 25.5. The molecule has 2 aromatic carbocycles. The second-order valence-corrected chi connectivity index (χ2v) is 7.81. The van der Waals surface area contributed by atoms with Gasteiger partial charge >= 0.3 is 0 Å². The minimum atomic E-state index is -0.246. The van der Waals surface area contributed by atoms with Crippen molar-refractivity contribution in [3.8, 4) is 5.75 Å². The van der Waals surface area contributed by atoms with Gasteiger partial charge in [-0.05, 0) is 66.1 Å². The molecule has 148 valence electrons. The zero-order valence-corrected chi connectivity index (χ0v) is 16.8. The van der Waals surface area contributed by atoms with Crippen molar-refractivity contribution in [2.75, 3.05) is 18.5 Å². The van der Waals surface area contributed by atoms with E-state index in [0.29, 0.717) is 29.3 Å². The first-order valence-corrected chi connectivity index (χ1v) is 10.6. The highest BCUT2D eigenvalue weighted by atomic mass is 32.1. The number of ether oxygens (including phenoxy) is 1. The number of benzene rings is 2. The molecule has 1 aliphatic rings. The van der Waals surface area contributed by atoms with Gasteiger partial charge in [-0.15, -0.1) is 11.3 Å². The molecule has 4 rings (SSSR count). The smallest absolute Gasteiger partial charge is 0.265 e. The van der Waals surface area contributed by atoms with E-state index in [1.54, 1.807) is 30.3 Å². The van der Waals surface area contributed by atoms with Crippen LogP contribution in [0.5, 0.6) is 5.75 Å². The fraction of sp³-hybridized carbons (Fsp3) is 0.217. The SMILES string of the molecule is O=C(Nc1ccccc1C(=O)NCCOc1ccc2c(c1)CCC2)c1cccs1. The number of para-hydroxylation sites is 1. The molecule has 0 radical (unpaired) electrons. The van der Waals surface area contributed by atoms with Gasteiger partial charge in [-0.25, -0.2) is 0 Å². The largest absolute Gasteiger partial charge is 0.492 e. The third-order valence-electron chi connectivity index (χ3n) is 4.89. The van der Waals surface area contributed by atoms with Crippen LogP contribution in [0.3, 0.4) is 0 Å². The lowest BCUT2D eigenvalue weighted by molar-refractivity contribution is 0.0948. The highest BCUT2D eigenvalue weighted by Gasteiger charge is 2.15. The molecule has 0 bridgehead atoms. The van der Waals surface area contributed by atoms with Gasteiger partial charge in [0.1, 0.15) is 12.4 Å². The third kappa shape index (κ3) is 4.66. The van der Waals surface area contributed by atoms with Gasteiger partial charge in [0.15, 0.2) is 0 Å². The maximum Gasteiger partial charge on any atom is 0.265 e. The average Bonchev–Trinajstić information content (AvgIpc) is 3.43. The Morgan fingerprint density at radius 3 is 2.69 bits per heavy atom. The zero-order chi connectivity index (χ0) is 20.1. The third-order valence-corrected chi connectivity index (χ3v) is 5.76. The van der Waals surface area contributed by atoms with E-state index in [4.69, 9.17) is 4.74 Å². The first-order valence-electron chi connectivity index (χ1n) is 9.67. The van der Waals surface area contributed by atoms with Gasteiger partial charge in [0.05, 0.1) is 22.7 Å². The van der Waals surface area contributed by atoms with Crippen LogP contribution in [0.15, 0.2) is 60.0 Å². The van der Waals surface area contributed by atoms with Crippen LogP contribution < -0.4 is 15.4 Å². The lowest BCUT2D eigenvalue weighted by atomic mass is 10.1. The molecule has 5 nitrogen and oxygen atoms in total. The van der Waals surface area contributed by atoms with Crippen molar-refractivity contribution in [2.24, 2.45) is 0 Å². The number of rotatable bonds is 7. The predicted molar refractivity (Wildman–Crippen MR) is 115 cm³/mol. The maximum absolute atomic E-state index is 12.6. The van der Waals surface area contributed by atoms with Crippen LogP contribution in [0.1, 0.15) is 37.6 Å². The summed E-state index contributed by atoms with van der Waals surface area (Å²) >= 11 is 1.36. The summed E-state index contributed by atoms with van der Waals surface area (Å²) in [6.45, 7) is 0.761. The molecular formula is C23H22N2O3S. The van der Waals surface area contributed by atoms with E-state index in [1.807, 2.05) is 17.5 Å². The Kier molecular flexibility index (Phi) is 5.91. The molecule has 0 saturated carbocycles. The van der Waals surface area contributed by atoms with Crippen molar-refractivity contribution in [3.05, 3.63) is 81.5 Å². The quantitative estimate of drug-likeness (QED) is 0.575. The molecule has 1 aromatic heterocycles. The number of hydrogen-bond acceptors (Lipinski definition) is 4. The fourth-order valence-electron chi connectivity index (χ4n) is 3.45. The minimum absolute atomic E-state index is 0.222. The Bertz CT molecular complexity index is 1010. The van der Waals surface area contributed by atoms with Crippen molar-refractivity contribution in [2.45, 2.75) is 19.3 Å². The standard InChI is InChI=1S/C23H22N2O3S/c26-22(24-12-13-28-18-11-10-16-5-3-6-17(16)15-18)19-7-1-2-8-20(19)25-23(27)21-9-4-14-29-21/h1-2,4,7-11,14-15H,3,5-6,12-13H2,(H,24,26)(H,25,27). The Balaban J connectivity index is 1.31. The second-order valence-electron chi connectivity index (χ2n) is 6.87. The van der Waals surface area contributed by atoms with E-state index in [0.717, 1.165) is 18.6 Å². The van der Waals surface area contributed by atoms with E-state index < -0.39 is 0 Å². The van der Waals surface area contributed by atoms with Crippen LogP contribution in [-0.4, -0.2) is 25.0 Å². The highest BCUT2D eigenvalue weighted by Crippen LogP contribution is 2.26. The van der Waals surface area contributed by atoms with Crippen LogP contribution >= 0.6 is 11.3 Å². The van der Waals surface area contributed by atoms with Crippen molar-refractivity contribution in [3.63, 3.8) is 0 Å². The Morgan fingerprint density at radius 1 is 0.966 bits per heavy atom. The number of anilines is 1. The number of carbonyl (C=O) groups is 2. The summed E-state index contributed by atoms with van der Waals surface area (Å²) < 4.78 is 5.78. The molecule has 0 saturated heterocycles. The van der Waals surface area contributed by atoms with E-state index >= 15 is 0 Å². The molecule has 3 aromatic rings. The molecular weight excluding hydrogens is 384 g/mol. The van der Waals surface area contributed by atoms with Crippen LogP contribution in [0.25, 0.3) is 0 Å². The molecule has 6 heteroatoms. The predicted octanol–water partition coefficient (Wildman–Crippen LogP) is 4.30. The lowest BCUT2D eigenvalue weighted by Gasteiger charge is -2.12. The number of amides is 2. The Morgan fingerprint density at radius 2 is 1.83 bits per heavy atom. The summed E-state index contributed by atoms with van der Waals surface area (Å²) in [5, 5.41) is 7.51. The normalized spacial score (nSPS) is 12.3. The van der Waals surface area contributed by atoms with Gasteiger partial charge in [0.25, 0.3) is 11.8 Å². The van der Waals surface area contributed by atoms with Gasteiger partial charge in [-0.1, -0.05) is 24.3 Å². The molecule has 0 unspecified atom stereocenters. The van der Waals surface area contributed by atoms with Crippen LogP contribution in [-0.2, 0) is 12.8 Å². The first-order chi connectivity index (χ1) is 14.2.